The summed E-state index contributed by atoms with van der Waals surface area (Å²) in [5.41, 5.74) is 2.97. The number of amides is 1. The van der Waals surface area contributed by atoms with Gasteiger partial charge in [0.1, 0.15) is 11.6 Å². The molecule has 3 nitrogen and oxygen atoms in total. The van der Waals surface area contributed by atoms with Gasteiger partial charge in [-0.2, -0.15) is 0 Å². The fourth-order valence-corrected chi connectivity index (χ4v) is 2.08. The predicted molar refractivity (Wildman–Crippen MR) is 76.0 cm³/mol. The van der Waals surface area contributed by atoms with Gasteiger partial charge in [-0.3, -0.25) is 4.79 Å². The number of nitrogens with zero attached hydrogens (tertiary/aromatic N) is 1. The third-order valence-electron chi connectivity index (χ3n) is 3.02. The Hall–Kier alpha value is -1.22. The van der Waals surface area contributed by atoms with Crippen LogP contribution in [0.4, 0.5) is 5.69 Å². The lowest BCUT2D eigenvalue weighted by atomic mass is 9.98. The Morgan fingerprint density at radius 2 is 2.06 bits per heavy atom. The van der Waals surface area contributed by atoms with Gasteiger partial charge in [0.15, 0.2) is 0 Å². The lowest BCUT2D eigenvalue weighted by Crippen LogP contribution is -2.28. The maximum absolute atomic E-state index is 11.7. The zero-order valence-corrected chi connectivity index (χ0v) is 12.3. The Bertz CT molecular complexity index is 444. The van der Waals surface area contributed by atoms with Crippen molar-refractivity contribution < 1.29 is 9.53 Å². The average molecular weight is 270 g/mol. The molecule has 0 aliphatic heterocycles. The predicted octanol–water partition coefficient (Wildman–Crippen LogP) is 3.33. The molecule has 1 aromatic rings. The molecular formula is C14H20ClNO2. The summed E-state index contributed by atoms with van der Waals surface area (Å²) in [7, 11) is 3.40. The third-order valence-corrected chi connectivity index (χ3v) is 3.25. The topological polar surface area (TPSA) is 29.5 Å². The second-order valence-corrected chi connectivity index (χ2v) is 4.89. The Kier molecular flexibility index (Phi) is 5.03. The second-order valence-electron chi connectivity index (χ2n) is 4.62. The highest BCUT2D eigenvalue weighted by molar-refractivity contribution is 6.29. The van der Waals surface area contributed by atoms with Gasteiger partial charge in [-0.05, 0) is 36.1 Å². The Balaban J connectivity index is 3.29. The molecule has 0 aliphatic rings. The average Bonchev–Trinajstić information content (AvgIpc) is 2.36. The van der Waals surface area contributed by atoms with Crippen molar-refractivity contribution in [2.45, 2.75) is 26.7 Å². The number of benzene rings is 1. The van der Waals surface area contributed by atoms with Crippen LogP contribution in [0.5, 0.6) is 5.75 Å². The molecule has 1 amide bonds. The molecule has 0 spiro atoms. The molecule has 4 heteroatoms. The number of carbonyl (C=O) groups is 1. The standard InChI is InChI=1S/C14H20ClNO2/c1-9(2)11-7-12(16(4)14(17)8-15)10(3)6-13(11)18-5/h6-7,9H,8H2,1-5H3. The molecule has 0 aliphatic carbocycles. The van der Waals surface area contributed by atoms with Crippen molar-refractivity contribution in [1.29, 1.82) is 0 Å². The number of rotatable bonds is 4. The van der Waals surface area contributed by atoms with Crippen molar-refractivity contribution in [1.82, 2.24) is 0 Å². The molecule has 0 N–H and O–H groups in total. The number of hydrogen-bond donors (Lipinski definition) is 0. The molecule has 0 bridgehead atoms. The van der Waals surface area contributed by atoms with Crippen LogP contribution < -0.4 is 9.64 Å². The Labute approximate surface area is 114 Å². The first-order valence-electron chi connectivity index (χ1n) is 5.93. The van der Waals surface area contributed by atoms with E-state index in [4.69, 9.17) is 16.3 Å². The minimum atomic E-state index is -0.111. The summed E-state index contributed by atoms with van der Waals surface area (Å²) in [5.74, 6) is 1.07. The molecule has 1 aromatic carbocycles. The molecule has 0 heterocycles. The SMILES string of the molecule is COc1cc(C)c(N(C)C(=O)CCl)cc1C(C)C. The summed E-state index contributed by atoms with van der Waals surface area (Å²) < 4.78 is 5.38. The summed E-state index contributed by atoms with van der Waals surface area (Å²) in [6.07, 6.45) is 0. The van der Waals surface area contributed by atoms with E-state index in [9.17, 15) is 4.79 Å². The Morgan fingerprint density at radius 3 is 2.50 bits per heavy atom. The molecule has 0 radical (unpaired) electrons. The molecule has 0 aromatic heterocycles. The van der Waals surface area contributed by atoms with Crippen molar-refractivity contribution >= 4 is 23.2 Å². The van der Waals surface area contributed by atoms with Crippen molar-refractivity contribution in [2.75, 3.05) is 24.9 Å². The Morgan fingerprint density at radius 1 is 1.44 bits per heavy atom. The summed E-state index contributed by atoms with van der Waals surface area (Å²) >= 11 is 5.59. The molecule has 1 rings (SSSR count). The lowest BCUT2D eigenvalue weighted by molar-refractivity contribution is -0.116. The van der Waals surface area contributed by atoms with Gasteiger partial charge >= 0.3 is 0 Å². The molecular weight excluding hydrogens is 250 g/mol. The van der Waals surface area contributed by atoms with Crippen molar-refractivity contribution in [3.05, 3.63) is 23.3 Å². The van der Waals surface area contributed by atoms with Crippen LogP contribution in [0.3, 0.4) is 0 Å². The van der Waals surface area contributed by atoms with Gasteiger partial charge in [-0.25, -0.2) is 0 Å². The van der Waals surface area contributed by atoms with Crippen molar-refractivity contribution in [3.63, 3.8) is 0 Å². The van der Waals surface area contributed by atoms with E-state index in [0.717, 1.165) is 22.6 Å². The van der Waals surface area contributed by atoms with Gasteiger partial charge in [-0.1, -0.05) is 13.8 Å². The van der Waals surface area contributed by atoms with Gasteiger partial charge in [0, 0.05) is 12.7 Å². The van der Waals surface area contributed by atoms with Crippen LogP contribution in [-0.2, 0) is 4.79 Å². The first-order chi connectivity index (χ1) is 8.42. The second kappa shape index (κ2) is 6.10. The highest BCUT2D eigenvalue weighted by Crippen LogP contribution is 2.33. The highest BCUT2D eigenvalue weighted by atomic mass is 35.5. The maximum atomic E-state index is 11.7. The number of ether oxygens (including phenoxy) is 1. The number of carbonyl (C=O) groups excluding carboxylic acids is 1. The number of anilines is 1. The highest BCUT2D eigenvalue weighted by Gasteiger charge is 2.16. The van der Waals surface area contributed by atoms with E-state index in [1.165, 1.54) is 0 Å². The van der Waals surface area contributed by atoms with E-state index in [1.54, 1.807) is 19.1 Å². The zero-order chi connectivity index (χ0) is 13.9. The number of hydrogen-bond acceptors (Lipinski definition) is 2. The maximum Gasteiger partial charge on any atom is 0.241 e. The van der Waals surface area contributed by atoms with Crippen LogP contribution in [0.2, 0.25) is 0 Å². The molecule has 0 fully saturated rings. The molecule has 0 atom stereocenters. The van der Waals surface area contributed by atoms with E-state index < -0.39 is 0 Å². The first kappa shape index (κ1) is 14.8. The fourth-order valence-electron chi connectivity index (χ4n) is 1.90. The first-order valence-corrected chi connectivity index (χ1v) is 6.46. The smallest absolute Gasteiger partial charge is 0.241 e. The molecule has 100 valence electrons. The van der Waals surface area contributed by atoms with E-state index >= 15 is 0 Å². The number of halogens is 1. The quantitative estimate of drug-likeness (QED) is 0.785. The summed E-state index contributed by atoms with van der Waals surface area (Å²) in [6, 6.07) is 3.96. The van der Waals surface area contributed by atoms with Gasteiger partial charge in [0.2, 0.25) is 5.91 Å². The van der Waals surface area contributed by atoms with Gasteiger partial charge in [0.25, 0.3) is 0 Å². The van der Waals surface area contributed by atoms with E-state index in [-0.39, 0.29) is 11.8 Å². The fraction of sp³-hybridized carbons (Fsp3) is 0.500. The van der Waals surface area contributed by atoms with Crippen LogP contribution >= 0.6 is 11.6 Å². The lowest BCUT2D eigenvalue weighted by Gasteiger charge is -2.22. The van der Waals surface area contributed by atoms with Crippen molar-refractivity contribution in [3.8, 4) is 5.75 Å². The third kappa shape index (κ3) is 2.96. The minimum absolute atomic E-state index is 0.0149. The number of aryl methyl sites for hydroxylation is 1. The normalized spacial score (nSPS) is 10.6. The molecule has 0 saturated heterocycles. The van der Waals surface area contributed by atoms with Crippen LogP contribution in [-0.4, -0.2) is 25.9 Å². The molecule has 18 heavy (non-hydrogen) atoms. The van der Waals surface area contributed by atoms with Crippen LogP contribution in [0.25, 0.3) is 0 Å². The van der Waals surface area contributed by atoms with Crippen LogP contribution in [0.1, 0.15) is 30.9 Å². The molecule has 0 saturated carbocycles. The zero-order valence-electron chi connectivity index (χ0n) is 11.6. The van der Waals surface area contributed by atoms with Gasteiger partial charge in [0.05, 0.1) is 7.11 Å². The monoisotopic (exact) mass is 269 g/mol. The van der Waals surface area contributed by atoms with E-state index in [1.807, 2.05) is 19.1 Å². The van der Waals surface area contributed by atoms with Crippen LogP contribution in [0, 0.1) is 6.92 Å². The van der Waals surface area contributed by atoms with Crippen molar-refractivity contribution in [2.24, 2.45) is 0 Å². The summed E-state index contributed by atoms with van der Waals surface area (Å²) in [5, 5.41) is 0. The van der Waals surface area contributed by atoms with Gasteiger partial charge in [-0.15, -0.1) is 11.6 Å². The van der Waals surface area contributed by atoms with E-state index in [0.29, 0.717) is 5.92 Å². The van der Waals surface area contributed by atoms with E-state index in [2.05, 4.69) is 13.8 Å². The summed E-state index contributed by atoms with van der Waals surface area (Å²) in [6.45, 7) is 6.15. The van der Waals surface area contributed by atoms with Gasteiger partial charge < -0.3 is 9.64 Å². The number of methoxy groups -OCH3 is 1. The van der Waals surface area contributed by atoms with Crippen LogP contribution in [0.15, 0.2) is 12.1 Å². The minimum Gasteiger partial charge on any atom is -0.496 e. The summed E-state index contributed by atoms with van der Waals surface area (Å²) in [4.78, 5) is 13.3. The number of alkyl halides is 1. The largest absolute Gasteiger partial charge is 0.496 e. The molecule has 0 unspecified atom stereocenters.